The van der Waals surface area contributed by atoms with Gasteiger partial charge in [0.05, 0.1) is 9.50 Å². The van der Waals surface area contributed by atoms with Crippen LogP contribution in [0, 0.1) is 0 Å². The van der Waals surface area contributed by atoms with E-state index in [0.29, 0.717) is 11.1 Å². The molecule has 3 nitrogen and oxygen atoms in total. The first-order valence-electron chi connectivity index (χ1n) is 5.93. The van der Waals surface area contributed by atoms with Gasteiger partial charge in [0.15, 0.2) is 0 Å². The molecule has 0 aromatic carbocycles. The van der Waals surface area contributed by atoms with Crippen LogP contribution in [-0.2, 0) is 0 Å². The number of rotatable bonds is 2. The Bertz CT molecular complexity index is 378. The van der Waals surface area contributed by atoms with Crippen LogP contribution in [0.3, 0.4) is 0 Å². The standard InChI is InChI=1S/C12H17BrClN3/c1-17(10-3-2-5-15-6-4-10)12-11(13)7-9(14)8-16-12/h7-8,10,15H,2-6H2,1H3. The van der Waals surface area contributed by atoms with Crippen molar-refractivity contribution < 1.29 is 0 Å². The van der Waals surface area contributed by atoms with Gasteiger partial charge >= 0.3 is 0 Å². The van der Waals surface area contributed by atoms with E-state index in [-0.39, 0.29) is 0 Å². The first kappa shape index (κ1) is 13.1. The highest BCUT2D eigenvalue weighted by molar-refractivity contribution is 9.10. The molecule has 0 bridgehead atoms. The van der Waals surface area contributed by atoms with E-state index in [1.54, 1.807) is 6.20 Å². The molecule has 1 aromatic heterocycles. The molecule has 2 rings (SSSR count). The zero-order chi connectivity index (χ0) is 12.3. The molecule has 1 fully saturated rings. The van der Waals surface area contributed by atoms with Gasteiger partial charge in [0.25, 0.3) is 0 Å². The predicted molar refractivity (Wildman–Crippen MR) is 75.9 cm³/mol. The fourth-order valence-electron chi connectivity index (χ4n) is 2.23. The number of halogens is 2. The third kappa shape index (κ3) is 3.33. The summed E-state index contributed by atoms with van der Waals surface area (Å²) in [6.07, 6.45) is 5.29. The number of nitrogens with zero attached hydrogens (tertiary/aromatic N) is 2. The van der Waals surface area contributed by atoms with Crippen molar-refractivity contribution in [3.63, 3.8) is 0 Å². The van der Waals surface area contributed by atoms with E-state index < -0.39 is 0 Å². The van der Waals surface area contributed by atoms with Crippen molar-refractivity contribution in [3.8, 4) is 0 Å². The van der Waals surface area contributed by atoms with Crippen LogP contribution in [0.25, 0.3) is 0 Å². The van der Waals surface area contributed by atoms with Crippen molar-refractivity contribution in [1.29, 1.82) is 0 Å². The zero-order valence-electron chi connectivity index (χ0n) is 9.92. The molecule has 5 heteroatoms. The van der Waals surface area contributed by atoms with Gasteiger partial charge in [-0.05, 0) is 54.3 Å². The average molecular weight is 319 g/mol. The molecule has 94 valence electrons. The van der Waals surface area contributed by atoms with Crippen LogP contribution >= 0.6 is 27.5 Å². The van der Waals surface area contributed by atoms with Crippen LogP contribution in [0.1, 0.15) is 19.3 Å². The summed E-state index contributed by atoms with van der Waals surface area (Å²) in [5.41, 5.74) is 0. The van der Waals surface area contributed by atoms with Gasteiger partial charge in [-0.2, -0.15) is 0 Å². The third-order valence-corrected chi connectivity index (χ3v) is 4.01. The molecular formula is C12H17BrClN3. The zero-order valence-corrected chi connectivity index (χ0v) is 12.3. The van der Waals surface area contributed by atoms with Gasteiger partial charge in [-0.1, -0.05) is 11.6 Å². The summed E-state index contributed by atoms with van der Waals surface area (Å²) in [4.78, 5) is 6.67. The van der Waals surface area contributed by atoms with Crippen molar-refractivity contribution in [2.75, 3.05) is 25.0 Å². The van der Waals surface area contributed by atoms with E-state index in [2.05, 4.69) is 38.2 Å². The Morgan fingerprint density at radius 1 is 1.47 bits per heavy atom. The van der Waals surface area contributed by atoms with Gasteiger partial charge < -0.3 is 10.2 Å². The fraction of sp³-hybridized carbons (Fsp3) is 0.583. The quantitative estimate of drug-likeness (QED) is 0.908. The number of aromatic nitrogens is 1. The smallest absolute Gasteiger partial charge is 0.142 e. The fourth-order valence-corrected chi connectivity index (χ4v) is 3.15. The summed E-state index contributed by atoms with van der Waals surface area (Å²) in [5.74, 6) is 0.973. The maximum Gasteiger partial charge on any atom is 0.142 e. The first-order chi connectivity index (χ1) is 8.18. The minimum Gasteiger partial charge on any atom is -0.356 e. The molecule has 1 saturated heterocycles. The Balaban J connectivity index is 2.14. The van der Waals surface area contributed by atoms with Gasteiger partial charge in [0.1, 0.15) is 5.82 Å². The molecule has 0 amide bonds. The van der Waals surface area contributed by atoms with Gasteiger partial charge in [0, 0.05) is 19.3 Å². The summed E-state index contributed by atoms with van der Waals surface area (Å²) in [6.45, 7) is 2.21. The lowest BCUT2D eigenvalue weighted by Gasteiger charge is -2.28. The number of nitrogens with one attached hydrogen (secondary N) is 1. The highest BCUT2D eigenvalue weighted by Crippen LogP contribution is 2.28. The normalized spacial score (nSPS) is 21.0. The van der Waals surface area contributed by atoms with Crippen molar-refractivity contribution in [2.45, 2.75) is 25.3 Å². The lowest BCUT2D eigenvalue weighted by molar-refractivity contribution is 0.562. The minimum absolute atomic E-state index is 0.551. The number of anilines is 1. The van der Waals surface area contributed by atoms with E-state index in [1.807, 2.05) is 6.07 Å². The Kier molecular flexibility index (Phi) is 4.65. The molecule has 1 atom stereocenters. The minimum atomic E-state index is 0.551. The maximum absolute atomic E-state index is 5.91. The van der Waals surface area contributed by atoms with Crippen LogP contribution in [-0.4, -0.2) is 31.2 Å². The van der Waals surface area contributed by atoms with Crippen molar-refractivity contribution in [2.24, 2.45) is 0 Å². The summed E-state index contributed by atoms with van der Waals surface area (Å²) in [5, 5.41) is 4.09. The Labute approximate surface area is 116 Å². The van der Waals surface area contributed by atoms with Crippen LogP contribution in [0.5, 0.6) is 0 Å². The molecule has 0 aliphatic carbocycles. The molecule has 1 aliphatic rings. The molecule has 17 heavy (non-hydrogen) atoms. The largest absolute Gasteiger partial charge is 0.356 e. The Morgan fingerprint density at radius 2 is 2.29 bits per heavy atom. The van der Waals surface area contributed by atoms with E-state index in [4.69, 9.17) is 11.6 Å². The highest BCUT2D eigenvalue weighted by atomic mass is 79.9. The maximum atomic E-state index is 5.91. The van der Waals surface area contributed by atoms with E-state index in [1.165, 1.54) is 12.8 Å². The van der Waals surface area contributed by atoms with E-state index in [9.17, 15) is 0 Å². The second kappa shape index (κ2) is 6.03. The average Bonchev–Trinajstić information content (AvgIpc) is 2.56. The van der Waals surface area contributed by atoms with Crippen LogP contribution in [0.15, 0.2) is 16.7 Å². The van der Waals surface area contributed by atoms with Crippen molar-refractivity contribution in [3.05, 3.63) is 21.8 Å². The van der Waals surface area contributed by atoms with Gasteiger partial charge in [-0.15, -0.1) is 0 Å². The Morgan fingerprint density at radius 3 is 3.06 bits per heavy atom. The lowest BCUT2D eigenvalue weighted by Crippen LogP contribution is -2.33. The number of pyridine rings is 1. The first-order valence-corrected chi connectivity index (χ1v) is 7.10. The van der Waals surface area contributed by atoms with Crippen LogP contribution in [0.4, 0.5) is 5.82 Å². The summed E-state index contributed by atoms with van der Waals surface area (Å²) in [6, 6.07) is 2.45. The van der Waals surface area contributed by atoms with Crippen molar-refractivity contribution in [1.82, 2.24) is 10.3 Å². The van der Waals surface area contributed by atoms with Gasteiger partial charge in [0.2, 0.25) is 0 Å². The molecule has 1 aromatic rings. The van der Waals surface area contributed by atoms with Crippen LogP contribution in [0.2, 0.25) is 5.02 Å². The molecule has 0 saturated carbocycles. The molecule has 1 unspecified atom stereocenters. The van der Waals surface area contributed by atoms with Crippen LogP contribution < -0.4 is 10.2 Å². The molecule has 0 radical (unpaired) electrons. The monoisotopic (exact) mass is 317 g/mol. The topological polar surface area (TPSA) is 28.2 Å². The number of hydrogen-bond acceptors (Lipinski definition) is 3. The number of hydrogen-bond donors (Lipinski definition) is 1. The van der Waals surface area contributed by atoms with E-state index in [0.717, 1.165) is 29.8 Å². The highest BCUT2D eigenvalue weighted by Gasteiger charge is 2.19. The molecular weight excluding hydrogens is 302 g/mol. The summed E-state index contributed by atoms with van der Waals surface area (Å²) >= 11 is 9.44. The lowest BCUT2D eigenvalue weighted by atomic mass is 10.1. The van der Waals surface area contributed by atoms with Gasteiger partial charge in [-0.3, -0.25) is 0 Å². The molecule has 1 aliphatic heterocycles. The van der Waals surface area contributed by atoms with Gasteiger partial charge in [-0.25, -0.2) is 4.98 Å². The van der Waals surface area contributed by atoms with E-state index >= 15 is 0 Å². The summed E-state index contributed by atoms with van der Waals surface area (Å²) < 4.78 is 0.963. The second-order valence-corrected chi connectivity index (χ2v) is 5.70. The van der Waals surface area contributed by atoms with Crippen molar-refractivity contribution >= 4 is 33.3 Å². The SMILES string of the molecule is CN(c1ncc(Cl)cc1Br)C1CCCNCC1. The summed E-state index contributed by atoms with van der Waals surface area (Å²) in [7, 11) is 2.11. The predicted octanol–water partition coefficient (Wildman–Crippen LogP) is 3.08. The molecule has 0 spiro atoms. The third-order valence-electron chi connectivity index (χ3n) is 3.22. The molecule has 1 N–H and O–H groups in total. The Hall–Kier alpha value is -0.320. The second-order valence-electron chi connectivity index (χ2n) is 4.40. The molecule has 2 heterocycles.